The lowest BCUT2D eigenvalue weighted by Gasteiger charge is -2.29. The quantitative estimate of drug-likeness (QED) is 0.206. The summed E-state index contributed by atoms with van der Waals surface area (Å²) in [5, 5.41) is 1.44. The van der Waals surface area contributed by atoms with Crippen LogP contribution in [0.3, 0.4) is 0 Å². The van der Waals surface area contributed by atoms with E-state index in [2.05, 4.69) is 15.3 Å². The Morgan fingerprint density at radius 2 is 1.57 bits per heavy atom. The Bertz CT molecular complexity index is 1670. The van der Waals surface area contributed by atoms with Gasteiger partial charge in [-0.15, -0.1) is 0 Å². The first-order chi connectivity index (χ1) is 17.8. The molecular weight excluding hydrogens is 488 g/mol. The zero-order chi connectivity index (χ0) is 26.0. The molecule has 4 N–H and O–H groups in total. The number of anilines is 2. The van der Waals surface area contributed by atoms with Crippen molar-refractivity contribution in [1.82, 2.24) is 9.97 Å². The first-order valence-electron chi connectivity index (χ1n) is 11.5. The van der Waals surface area contributed by atoms with E-state index in [1.54, 1.807) is 60.9 Å². The third-order valence-corrected chi connectivity index (χ3v) is 8.02. The number of fused-ring (bicyclic) bond motifs is 1. The molecule has 0 radical (unpaired) electrons. The van der Waals surface area contributed by atoms with E-state index in [1.807, 2.05) is 25.1 Å². The summed E-state index contributed by atoms with van der Waals surface area (Å²) in [5.74, 6) is -0.935. The van der Waals surface area contributed by atoms with Gasteiger partial charge >= 0.3 is 5.97 Å². The Hall–Kier alpha value is -4.47. The molecule has 8 nitrogen and oxygen atoms in total. The number of nitrogens with one attached hydrogen (secondary N) is 2. The number of carbonyl (C=O) groups excluding carboxylic acids is 1. The van der Waals surface area contributed by atoms with Gasteiger partial charge in [-0.2, -0.15) is 0 Å². The van der Waals surface area contributed by atoms with Crippen molar-refractivity contribution >= 4 is 38.1 Å². The fraction of sp³-hybridized carbons (Fsp3) is 0.0714. The maximum absolute atomic E-state index is 13.8. The Morgan fingerprint density at radius 3 is 2.27 bits per heavy atom. The Labute approximate surface area is 214 Å². The second-order valence-corrected chi connectivity index (χ2v) is 10.6. The number of sulfone groups is 1. The lowest BCUT2D eigenvalue weighted by Crippen LogP contribution is -2.48. The summed E-state index contributed by atoms with van der Waals surface area (Å²) in [6.07, 6.45) is 3.23. The normalized spacial score (nSPS) is 13.1. The molecule has 0 fully saturated rings. The van der Waals surface area contributed by atoms with Gasteiger partial charge in [-0.25, -0.2) is 13.2 Å². The van der Waals surface area contributed by atoms with Crippen LogP contribution in [0.15, 0.2) is 108 Å². The monoisotopic (exact) mass is 512 g/mol. The number of aromatic nitrogens is 2. The van der Waals surface area contributed by atoms with E-state index in [1.165, 1.54) is 24.3 Å². The number of rotatable bonds is 7. The Morgan fingerprint density at radius 1 is 0.919 bits per heavy atom. The zero-order valence-corrected chi connectivity index (χ0v) is 20.7. The predicted molar refractivity (Wildman–Crippen MR) is 142 cm³/mol. The number of benzene rings is 3. The van der Waals surface area contributed by atoms with Gasteiger partial charge in [0.15, 0.2) is 0 Å². The van der Waals surface area contributed by atoms with Crippen molar-refractivity contribution in [2.75, 3.05) is 5.32 Å². The fourth-order valence-corrected chi connectivity index (χ4v) is 5.50. The SMILES string of the molecule is Cc1ccc(S(=O)(=O)C(N)(OC(=O)c2[nH]c3ccccc3c2Nc2ccncc2)c2ccccc2)cc1. The highest BCUT2D eigenvalue weighted by Gasteiger charge is 2.47. The highest BCUT2D eigenvalue weighted by molar-refractivity contribution is 7.92. The molecule has 0 aliphatic rings. The average Bonchev–Trinajstić information content (AvgIpc) is 3.28. The largest absolute Gasteiger partial charge is 0.420 e. The molecule has 1 atom stereocenters. The number of hydrogen-bond acceptors (Lipinski definition) is 7. The van der Waals surface area contributed by atoms with Crippen LogP contribution in [-0.2, 0) is 19.6 Å². The molecule has 9 heteroatoms. The van der Waals surface area contributed by atoms with Gasteiger partial charge in [0.1, 0.15) is 5.69 Å². The molecule has 5 aromatic rings. The molecule has 0 amide bonds. The van der Waals surface area contributed by atoms with E-state index in [9.17, 15) is 13.2 Å². The van der Waals surface area contributed by atoms with Gasteiger partial charge in [-0.1, -0.05) is 66.2 Å². The smallest absolute Gasteiger partial charge is 0.359 e. The molecule has 0 saturated carbocycles. The molecular formula is C28H24N4O4S. The third-order valence-electron chi connectivity index (χ3n) is 6.01. The van der Waals surface area contributed by atoms with Gasteiger partial charge in [0.25, 0.3) is 5.06 Å². The molecule has 0 aliphatic heterocycles. The van der Waals surface area contributed by atoms with Crippen molar-refractivity contribution in [3.8, 4) is 0 Å². The van der Waals surface area contributed by atoms with Gasteiger partial charge < -0.3 is 15.0 Å². The molecule has 0 aliphatic carbocycles. The van der Waals surface area contributed by atoms with Gasteiger partial charge in [-0.05, 0) is 37.3 Å². The number of hydrogen-bond donors (Lipinski definition) is 3. The first-order valence-corrected chi connectivity index (χ1v) is 12.9. The molecule has 0 bridgehead atoms. The lowest BCUT2D eigenvalue weighted by molar-refractivity contribution is 0.0163. The molecule has 2 heterocycles. The number of aromatic amines is 1. The van der Waals surface area contributed by atoms with Crippen molar-refractivity contribution in [1.29, 1.82) is 0 Å². The van der Waals surface area contributed by atoms with Gasteiger partial charge in [0.2, 0.25) is 9.84 Å². The number of para-hydroxylation sites is 1. The van der Waals surface area contributed by atoms with Crippen molar-refractivity contribution < 1.29 is 17.9 Å². The standard InChI is InChI=1S/C28H24N4O4S/c1-19-11-13-22(14-12-19)37(34,35)28(29,20-7-3-2-4-8-20)36-27(33)26-25(31-21-15-17-30-18-16-21)23-9-5-6-10-24(23)32-26/h2-18,32H,29H2,1H3,(H,30,31). The average molecular weight is 513 g/mol. The van der Waals surface area contributed by atoms with Crippen molar-refractivity contribution in [2.24, 2.45) is 5.73 Å². The van der Waals surface area contributed by atoms with Crippen LogP contribution < -0.4 is 11.1 Å². The molecule has 5 rings (SSSR count). The number of pyridine rings is 1. The lowest BCUT2D eigenvalue weighted by atomic mass is 10.2. The predicted octanol–water partition coefficient (Wildman–Crippen LogP) is 5.01. The van der Waals surface area contributed by atoms with E-state index in [0.717, 1.165) is 10.9 Å². The van der Waals surface area contributed by atoms with E-state index < -0.39 is 20.9 Å². The van der Waals surface area contributed by atoms with Crippen LogP contribution in [0.25, 0.3) is 10.9 Å². The summed E-state index contributed by atoms with van der Waals surface area (Å²) < 4.78 is 33.4. The molecule has 2 aromatic heterocycles. The Balaban J connectivity index is 1.62. The highest BCUT2D eigenvalue weighted by Crippen LogP contribution is 2.36. The number of esters is 1. The van der Waals surface area contributed by atoms with Crippen molar-refractivity contribution in [2.45, 2.75) is 16.9 Å². The zero-order valence-electron chi connectivity index (χ0n) is 19.9. The summed E-state index contributed by atoms with van der Waals surface area (Å²) in [7, 11) is -4.38. The summed E-state index contributed by atoms with van der Waals surface area (Å²) >= 11 is 0. The van der Waals surface area contributed by atoms with Gasteiger partial charge in [0, 0.05) is 34.5 Å². The van der Waals surface area contributed by atoms with E-state index in [4.69, 9.17) is 10.5 Å². The number of carbonyl (C=O) groups is 1. The molecule has 1 unspecified atom stereocenters. The molecule has 0 spiro atoms. The van der Waals surface area contributed by atoms with Crippen LogP contribution in [0.5, 0.6) is 0 Å². The van der Waals surface area contributed by atoms with Crippen LogP contribution in [0, 0.1) is 6.92 Å². The van der Waals surface area contributed by atoms with Crippen LogP contribution in [0.4, 0.5) is 11.4 Å². The maximum Gasteiger partial charge on any atom is 0.359 e. The Kier molecular flexibility index (Phi) is 6.24. The number of nitrogens with zero attached hydrogens (tertiary/aromatic N) is 1. The van der Waals surface area contributed by atoms with Crippen LogP contribution in [0.2, 0.25) is 0 Å². The summed E-state index contributed by atoms with van der Waals surface area (Å²) in [4.78, 5) is 20.7. The number of ether oxygens (including phenoxy) is 1. The van der Waals surface area contributed by atoms with E-state index >= 15 is 0 Å². The van der Waals surface area contributed by atoms with Gasteiger partial charge in [-0.3, -0.25) is 10.7 Å². The molecule has 3 aromatic carbocycles. The molecule has 186 valence electrons. The molecule has 37 heavy (non-hydrogen) atoms. The second kappa shape index (κ2) is 9.53. The summed E-state index contributed by atoms with van der Waals surface area (Å²) in [6.45, 7) is 1.84. The number of nitrogens with two attached hydrogens (primary N) is 1. The third kappa shape index (κ3) is 4.46. The minimum Gasteiger partial charge on any atom is -0.420 e. The minimum absolute atomic E-state index is 0.0304. The van der Waals surface area contributed by atoms with Crippen molar-refractivity contribution in [3.63, 3.8) is 0 Å². The second-order valence-electron chi connectivity index (χ2n) is 8.52. The van der Waals surface area contributed by atoms with E-state index in [-0.39, 0.29) is 16.2 Å². The topological polar surface area (TPSA) is 127 Å². The van der Waals surface area contributed by atoms with Crippen LogP contribution >= 0.6 is 0 Å². The highest BCUT2D eigenvalue weighted by atomic mass is 32.2. The minimum atomic E-state index is -4.38. The number of aryl methyl sites for hydroxylation is 1. The maximum atomic E-state index is 13.8. The van der Waals surface area contributed by atoms with E-state index in [0.29, 0.717) is 16.9 Å². The summed E-state index contributed by atoms with van der Waals surface area (Å²) in [5.41, 5.74) is 9.32. The first kappa shape index (κ1) is 24.2. The van der Waals surface area contributed by atoms with Crippen LogP contribution in [-0.4, -0.2) is 24.4 Å². The van der Waals surface area contributed by atoms with Gasteiger partial charge in [0.05, 0.1) is 10.6 Å². The fourth-order valence-electron chi connectivity index (χ4n) is 4.03. The van der Waals surface area contributed by atoms with Crippen LogP contribution in [0.1, 0.15) is 21.6 Å². The summed E-state index contributed by atoms with van der Waals surface area (Å²) in [6, 6.07) is 25.0. The molecule has 0 saturated heterocycles. The van der Waals surface area contributed by atoms with Crippen molar-refractivity contribution in [3.05, 3.63) is 120 Å². The number of H-pyrrole nitrogens is 1.